The first kappa shape index (κ1) is 12.2. The van der Waals surface area contributed by atoms with Crippen LogP contribution >= 0.6 is 0 Å². The zero-order valence-electron chi connectivity index (χ0n) is 10.9. The van der Waals surface area contributed by atoms with Gasteiger partial charge in [0, 0.05) is 29.4 Å². The van der Waals surface area contributed by atoms with E-state index in [9.17, 15) is 4.79 Å². The largest absolute Gasteiger partial charge is 0.381 e. The Kier molecular flexibility index (Phi) is 3.25. The first-order chi connectivity index (χ1) is 9.24. The number of rotatable bonds is 2. The molecule has 19 heavy (non-hydrogen) atoms. The normalized spacial score (nSPS) is 23.4. The summed E-state index contributed by atoms with van der Waals surface area (Å²) in [5.74, 6) is 0. The van der Waals surface area contributed by atoms with Gasteiger partial charge in [0.1, 0.15) is 0 Å². The molecule has 2 atom stereocenters. The molecule has 1 heterocycles. The minimum Gasteiger partial charge on any atom is -0.381 e. The molecule has 1 aliphatic rings. The predicted molar refractivity (Wildman–Crippen MR) is 78.4 cm³/mol. The Labute approximate surface area is 112 Å². The number of hydrogen-bond acceptors (Lipinski definition) is 3. The molecule has 4 N–H and O–H groups in total. The molecule has 1 aromatic carbocycles. The van der Waals surface area contributed by atoms with E-state index in [1.807, 2.05) is 24.3 Å². The van der Waals surface area contributed by atoms with E-state index in [-0.39, 0.29) is 11.6 Å². The summed E-state index contributed by atoms with van der Waals surface area (Å²) in [6.45, 7) is 0. The molecule has 100 valence electrons. The van der Waals surface area contributed by atoms with Crippen LogP contribution in [0.25, 0.3) is 10.8 Å². The number of aromatic nitrogens is 1. The van der Waals surface area contributed by atoms with Crippen LogP contribution in [0, 0.1) is 0 Å². The van der Waals surface area contributed by atoms with Crippen molar-refractivity contribution >= 4 is 16.5 Å². The summed E-state index contributed by atoms with van der Waals surface area (Å²) in [6.07, 6.45) is 6.35. The molecule has 3 rings (SSSR count). The van der Waals surface area contributed by atoms with Crippen molar-refractivity contribution in [3.63, 3.8) is 0 Å². The van der Waals surface area contributed by atoms with E-state index in [1.54, 1.807) is 6.20 Å². The fourth-order valence-corrected chi connectivity index (χ4v) is 2.83. The molecule has 0 spiro atoms. The zero-order chi connectivity index (χ0) is 13.2. The highest BCUT2D eigenvalue weighted by molar-refractivity contribution is 5.84. The van der Waals surface area contributed by atoms with Crippen LogP contribution in [0.15, 0.2) is 35.3 Å². The number of nitrogens with two attached hydrogens (primary N) is 1. The van der Waals surface area contributed by atoms with Crippen LogP contribution in [0.1, 0.15) is 25.7 Å². The quantitative estimate of drug-likeness (QED) is 0.772. The summed E-state index contributed by atoms with van der Waals surface area (Å²) in [4.78, 5) is 14.3. The Morgan fingerprint density at radius 1 is 1.21 bits per heavy atom. The Hall–Kier alpha value is -1.81. The van der Waals surface area contributed by atoms with Gasteiger partial charge in [-0.1, -0.05) is 12.8 Å². The molecule has 0 aliphatic heterocycles. The van der Waals surface area contributed by atoms with Crippen molar-refractivity contribution in [3.8, 4) is 0 Å². The highest BCUT2D eigenvalue weighted by Gasteiger charge is 2.21. The van der Waals surface area contributed by atoms with E-state index in [0.717, 1.165) is 29.3 Å². The number of aromatic amines is 1. The van der Waals surface area contributed by atoms with Gasteiger partial charge in [0.25, 0.3) is 5.56 Å². The summed E-state index contributed by atoms with van der Waals surface area (Å²) in [6, 6.07) is 8.33. The van der Waals surface area contributed by atoms with E-state index in [0.29, 0.717) is 6.04 Å². The van der Waals surface area contributed by atoms with Crippen molar-refractivity contribution in [2.45, 2.75) is 37.8 Å². The van der Waals surface area contributed by atoms with E-state index >= 15 is 0 Å². The van der Waals surface area contributed by atoms with Crippen LogP contribution in [0.2, 0.25) is 0 Å². The summed E-state index contributed by atoms with van der Waals surface area (Å²) >= 11 is 0. The van der Waals surface area contributed by atoms with E-state index < -0.39 is 0 Å². The third kappa shape index (κ3) is 2.49. The monoisotopic (exact) mass is 257 g/mol. The summed E-state index contributed by atoms with van der Waals surface area (Å²) in [5, 5.41) is 5.18. The molecule has 2 aromatic rings. The molecule has 1 aromatic heterocycles. The number of anilines is 1. The highest BCUT2D eigenvalue weighted by Crippen LogP contribution is 2.22. The van der Waals surface area contributed by atoms with Gasteiger partial charge in [0.05, 0.1) is 0 Å². The first-order valence-electron chi connectivity index (χ1n) is 6.87. The molecular weight excluding hydrogens is 238 g/mol. The second-order valence-electron chi connectivity index (χ2n) is 5.31. The van der Waals surface area contributed by atoms with E-state index in [4.69, 9.17) is 5.73 Å². The molecule has 0 radical (unpaired) electrons. The van der Waals surface area contributed by atoms with Gasteiger partial charge < -0.3 is 16.0 Å². The number of nitrogens with one attached hydrogen (secondary N) is 2. The van der Waals surface area contributed by atoms with Crippen molar-refractivity contribution in [1.82, 2.24) is 4.98 Å². The van der Waals surface area contributed by atoms with Gasteiger partial charge in [0.2, 0.25) is 0 Å². The molecular formula is C15H19N3O. The molecule has 0 amide bonds. The second-order valence-corrected chi connectivity index (χ2v) is 5.31. The lowest BCUT2D eigenvalue weighted by atomic mass is 9.91. The van der Waals surface area contributed by atoms with Crippen molar-refractivity contribution < 1.29 is 0 Å². The molecule has 0 unspecified atom stereocenters. The van der Waals surface area contributed by atoms with Gasteiger partial charge in [-0.2, -0.15) is 0 Å². The topological polar surface area (TPSA) is 70.9 Å². The lowest BCUT2D eigenvalue weighted by Gasteiger charge is -2.30. The maximum Gasteiger partial charge on any atom is 0.255 e. The van der Waals surface area contributed by atoms with Gasteiger partial charge >= 0.3 is 0 Å². The third-order valence-corrected chi connectivity index (χ3v) is 3.94. The number of benzene rings is 1. The molecule has 4 nitrogen and oxygen atoms in total. The van der Waals surface area contributed by atoms with Gasteiger partial charge in [-0.05, 0) is 42.5 Å². The lowest BCUT2D eigenvalue weighted by Crippen LogP contribution is -2.42. The average Bonchev–Trinajstić information content (AvgIpc) is 2.42. The minimum absolute atomic E-state index is 0.0431. The fraction of sp³-hybridized carbons (Fsp3) is 0.400. The molecule has 1 saturated carbocycles. The Morgan fingerprint density at radius 3 is 2.89 bits per heavy atom. The molecule has 0 saturated heterocycles. The summed E-state index contributed by atoms with van der Waals surface area (Å²) in [7, 11) is 0. The molecule has 1 fully saturated rings. The zero-order valence-corrected chi connectivity index (χ0v) is 10.9. The Morgan fingerprint density at radius 2 is 2.05 bits per heavy atom. The standard InChI is InChI=1S/C15H19N3O/c16-13-3-1-2-4-14(13)18-11-5-6-12-10(9-11)7-8-17-15(12)19/h5-9,13-14,18H,1-4,16H2,(H,17,19)/t13-,14-/m0/s1. The lowest BCUT2D eigenvalue weighted by molar-refractivity contribution is 0.404. The molecule has 0 bridgehead atoms. The predicted octanol–water partition coefficient (Wildman–Crippen LogP) is 2.21. The molecule has 1 aliphatic carbocycles. The summed E-state index contributed by atoms with van der Waals surface area (Å²) < 4.78 is 0. The van der Waals surface area contributed by atoms with Crippen molar-refractivity contribution in [2.24, 2.45) is 5.73 Å². The van der Waals surface area contributed by atoms with Gasteiger partial charge in [-0.25, -0.2) is 0 Å². The third-order valence-electron chi connectivity index (χ3n) is 3.94. The minimum atomic E-state index is -0.0431. The number of hydrogen-bond donors (Lipinski definition) is 3. The van der Waals surface area contributed by atoms with Crippen LogP contribution in [0.5, 0.6) is 0 Å². The Balaban J connectivity index is 1.87. The van der Waals surface area contributed by atoms with Gasteiger partial charge in [-0.3, -0.25) is 4.79 Å². The van der Waals surface area contributed by atoms with Crippen LogP contribution in [-0.4, -0.2) is 17.1 Å². The first-order valence-corrected chi connectivity index (χ1v) is 6.87. The van der Waals surface area contributed by atoms with Crippen LogP contribution in [-0.2, 0) is 0 Å². The maximum absolute atomic E-state index is 11.6. The van der Waals surface area contributed by atoms with Crippen molar-refractivity contribution in [1.29, 1.82) is 0 Å². The van der Waals surface area contributed by atoms with Crippen LogP contribution in [0.3, 0.4) is 0 Å². The Bertz CT molecular complexity index is 635. The highest BCUT2D eigenvalue weighted by atomic mass is 16.1. The van der Waals surface area contributed by atoms with Crippen molar-refractivity contribution in [3.05, 3.63) is 40.8 Å². The average molecular weight is 257 g/mol. The number of fused-ring (bicyclic) bond motifs is 1. The van der Waals surface area contributed by atoms with E-state index in [2.05, 4.69) is 10.3 Å². The van der Waals surface area contributed by atoms with Crippen LogP contribution < -0.4 is 16.6 Å². The SMILES string of the molecule is N[C@H]1CCCC[C@@H]1Nc1ccc2c(=O)[nH]ccc2c1. The second kappa shape index (κ2) is 5.05. The van der Waals surface area contributed by atoms with Crippen LogP contribution in [0.4, 0.5) is 5.69 Å². The van der Waals surface area contributed by atoms with Gasteiger partial charge in [-0.15, -0.1) is 0 Å². The molecule has 4 heteroatoms. The maximum atomic E-state index is 11.6. The summed E-state index contributed by atoms with van der Waals surface area (Å²) in [5.41, 5.74) is 7.15. The van der Waals surface area contributed by atoms with E-state index in [1.165, 1.54) is 12.8 Å². The fourth-order valence-electron chi connectivity index (χ4n) is 2.83. The van der Waals surface area contributed by atoms with Gasteiger partial charge in [0.15, 0.2) is 0 Å². The van der Waals surface area contributed by atoms with Crippen molar-refractivity contribution in [2.75, 3.05) is 5.32 Å². The number of pyridine rings is 1. The smallest absolute Gasteiger partial charge is 0.255 e. The number of H-pyrrole nitrogens is 1.